The Kier molecular flexibility index (Phi) is 7.50. The average molecular weight is 501 g/mol. The van der Waals surface area contributed by atoms with Crippen LogP contribution < -0.4 is 10.0 Å². The monoisotopic (exact) mass is 500 g/mol. The lowest BCUT2D eigenvalue weighted by atomic mass is 9.80. The topological polar surface area (TPSA) is 46.4 Å². The van der Waals surface area contributed by atoms with E-state index in [4.69, 9.17) is 0 Å². The van der Waals surface area contributed by atoms with Crippen molar-refractivity contribution in [1.82, 2.24) is 0 Å². The molecule has 0 aromatic heterocycles. The highest BCUT2D eigenvalue weighted by atomic mass is 16.3. The van der Waals surface area contributed by atoms with Crippen LogP contribution >= 0.6 is 0 Å². The Morgan fingerprint density at radius 1 is 0.711 bits per heavy atom. The Labute approximate surface area is 224 Å². The molecule has 3 aromatic carbocycles. The van der Waals surface area contributed by atoms with Crippen molar-refractivity contribution in [3.8, 4) is 0 Å². The molecule has 0 radical (unpaired) electrons. The third-order valence-electron chi connectivity index (χ3n) is 6.87. The molecule has 4 nitrogen and oxygen atoms in total. The number of hydrogen-bond donors (Lipinski definition) is 0. The maximum Gasteiger partial charge on any atom is 0.205 e. The molecular formula is C34H32N2O2. The molecule has 0 spiro atoms. The number of anilines is 2. The molecule has 0 N–H and O–H groups in total. The van der Waals surface area contributed by atoms with Crippen LogP contribution in [-0.4, -0.2) is 29.2 Å². The first-order chi connectivity index (χ1) is 18.6. The van der Waals surface area contributed by atoms with E-state index in [1.165, 1.54) is 0 Å². The zero-order valence-corrected chi connectivity index (χ0v) is 21.9. The summed E-state index contributed by atoms with van der Waals surface area (Å²) < 4.78 is 2.25. The molecule has 38 heavy (non-hydrogen) atoms. The fourth-order valence-electron chi connectivity index (χ4n) is 5.01. The van der Waals surface area contributed by atoms with E-state index >= 15 is 0 Å². The number of carbonyl (C=O) groups is 1. The lowest BCUT2D eigenvalue weighted by molar-refractivity contribution is -0.439. The van der Waals surface area contributed by atoms with Gasteiger partial charge >= 0.3 is 0 Å². The summed E-state index contributed by atoms with van der Waals surface area (Å²) in [7, 11) is 0. The molecule has 3 aromatic rings. The highest BCUT2D eigenvalue weighted by Gasteiger charge is 2.30. The quantitative estimate of drug-likeness (QED) is 0.262. The van der Waals surface area contributed by atoms with E-state index in [0.717, 1.165) is 48.7 Å². The van der Waals surface area contributed by atoms with Crippen LogP contribution in [0.15, 0.2) is 126 Å². The van der Waals surface area contributed by atoms with Crippen molar-refractivity contribution < 1.29 is 14.5 Å². The first kappa shape index (κ1) is 25.2. The second-order valence-corrected chi connectivity index (χ2v) is 9.48. The summed E-state index contributed by atoms with van der Waals surface area (Å²) in [5.74, 6) is -0.366. The molecule has 0 saturated carbocycles. The molecule has 0 bridgehead atoms. The zero-order chi connectivity index (χ0) is 26.5. The van der Waals surface area contributed by atoms with Gasteiger partial charge in [-0.25, -0.2) is 0 Å². The van der Waals surface area contributed by atoms with Crippen molar-refractivity contribution in [2.45, 2.75) is 26.7 Å². The molecule has 0 atom stereocenters. The fourth-order valence-corrected chi connectivity index (χ4v) is 5.01. The van der Waals surface area contributed by atoms with Crippen LogP contribution in [0, 0.1) is 0 Å². The van der Waals surface area contributed by atoms with Crippen LogP contribution in [0.3, 0.4) is 0 Å². The van der Waals surface area contributed by atoms with E-state index in [1.807, 2.05) is 85.0 Å². The summed E-state index contributed by atoms with van der Waals surface area (Å²) >= 11 is 0. The maximum absolute atomic E-state index is 13.1. The Bertz CT molecular complexity index is 1460. The molecule has 2 aliphatic carbocycles. The van der Waals surface area contributed by atoms with E-state index in [0.29, 0.717) is 11.1 Å². The van der Waals surface area contributed by atoms with Gasteiger partial charge in [-0.2, -0.15) is 4.58 Å². The average Bonchev–Trinajstić information content (AvgIpc) is 2.97. The number of allylic oxidation sites excluding steroid dienone is 7. The standard InChI is InChI=1S/C34H32N2O2/c1-3-23-35(27-11-7-5-8-12-27)29-19-15-25(16-20-29)31-33(37)32(34(31)38)26-17-21-30(22-18-26)36(24-4-2)28-13-9-6-10-14-28/h5-22H,3-4,23-24H2,1-2H3. The SMILES string of the molecule is CCCN(c1ccccc1)c1ccc(C2=C([O-])C(=C3C=CC(=[N+](CCC)c4ccccc4)C=C3)C2=O)cc1. The van der Waals surface area contributed by atoms with E-state index in [-0.39, 0.29) is 22.7 Å². The summed E-state index contributed by atoms with van der Waals surface area (Å²) in [5, 5.41) is 13.1. The molecule has 0 fully saturated rings. The fraction of sp³-hybridized carbons (Fsp3) is 0.176. The van der Waals surface area contributed by atoms with Gasteiger partial charge in [0.15, 0.2) is 5.78 Å². The van der Waals surface area contributed by atoms with Crippen molar-refractivity contribution in [2.24, 2.45) is 0 Å². The minimum Gasteiger partial charge on any atom is -0.871 e. The Balaban J connectivity index is 1.41. The van der Waals surface area contributed by atoms with Crippen LogP contribution in [0.25, 0.3) is 5.57 Å². The van der Waals surface area contributed by atoms with E-state index < -0.39 is 0 Å². The van der Waals surface area contributed by atoms with Crippen LogP contribution in [0.5, 0.6) is 0 Å². The number of Topliss-reactive ketones (excluding diaryl/α,β-unsaturated/α-hetero) is 1. The highest BCUT2D eigenvalue weighted by molar-refractivity contribution is 6.39. The van der Waals surface area contributed by atoms with E-state index in [1.54, 1.807) is 0 Å². The number of nitrogens with zero attached hydrogens (tertiary/aromatic N) is 2. The van der Waals surface area contributed by atoms with Gasteiger partial charge in [0.1, 0.15) is 6.54 Å². The van der Waals surface area contributed by atoms with E-state index in [9.17, 15) is 9.90 Å². The first-order valence-electron chi connectivity index (χ1n) is 13.3. The number of ketones is 1. The second-order valence-electron chi connectivity index (χ2n) is 9.48. The third kappa shape index (κ3) is 4.90. The number of para-hydroxylation sites is 2. The maximum atomic E-state index is 13.1. The van der Waals surface area contributed by atoms with Gasteiger partial charge in [-0.15, -0.1) is 0 Å². The lowest BCUT2D eigenvalue weighted by Crippen LogP contribution is -2.30. The number of rotatable bonds is 8. The Hall–Kier alpha value is -4.44. The molecule has 0 saturated heterocycles. The minimum atomic E-state index is -0.183. The first-order valence-corrected chi connectivity index (χ1v) is 13.3. The van der Waals surface area contributed by atoms with Crippen molar-refractivity contribution in [3.63, 3.8) is 0 Å². The number of hydrogen-bond acceptors (Lipinski definition) is 3. The van der Waals surface area contributed by atoms with E-state index in [2.05, 4.69) is 47.6 Å². The van der Waals surface area contributed by atoms with Crippen LogP contribution in [0.1, 0.15) is 32.3 Å². The summed E-state index contributed by atoms with van der Waals surface area (Å²) in [5.41, 5.74) is 6.21. The lowest BCUT2D eigenvalue weighted by Gasteiger charge is -2.32. The summed E-state index contributed by atoms with van der Waals surface area (Å²) in [6.07, 6.45) is 9.75. The smallest absolute Gasteiger partial charge is 0.205 e. The summed E-state index contributed by atoms with van der Waals surface area (Å²) in [4.78, 5) is 15.4. The molecule has 0 amide bonds. The molecule has 5 rings (SSSR count). The van der Waals surface area contributed by atoms with Gasteiger partial charge in [0.2, 0.25) is 11.4 Å². The second kappa shape index (κ2) is 11.3. The number of benzene rings is 3. The predicted molar refractivity (Wildman–Crippen MR) is 154 cm³/mol. The van der Waals surface area contributed by atoms with Gasteiger partial charge in [-0.05, 0) is 54.0 Å². The van der Waals surface area contributed by atoms with Gasteiger partial charge in [0.05, 0.1) is 0 Å². The van der Waals surface area contributed by atoms with Crippen molar-refractivity contribution >= 4 is 34.1 Å². The van der Waals surface area contributed by atoms with Crippen LogP contribution in [-0.2, 0) is 4.79 Å². The van der Waals surface area contributed by atoms with Crippen molar-refractivity contribution in [1.29, 1.82) is 0 Å². The summed E-state index contributed by atoms with van der Waals surface area (Å²) in [6.45, 7) is 6.06. The number of carbonyl (C=O) groups excluding carboxylic acids is 1. The van der Waals surface area contributed by atoms with Crippen LogP contribution in [0.2, 0.25) is 0 Å². The third-order valence-corrected chi connectivity index (χ3v) is 6.87. The molecule has 0 aliphatic heterocycles. The van der Waals surface area contributed by atoms with Crippen molar-refractivity contribution in [3.05, 3.63) is 132 Å². The van der Waals surface area contributed by atoms with Gasteiger partial charge in [-0.3, -0.25) is 4.79 Å². The zero-order valence-electron chi connectivity index (χ0n) is 21.9. The van der Waals surface area contributed by atoms with Gasteiger partial charge in [0.25, 0.3) is 0 Å². The predicted octanol–water partition coefficient (Wildman–Crippen LogP) is 6.51. The van der Waals surface area contributed by atoms with Gasteiger partial charge < -0.3 is 10.0 Å². The van der Waals surface area contributed by atoms with Crippen molar-refractivity contribution in [2.75, 3.05) is 18.0 Å². The molecule has 0 unspecified atom stereocenters. The Morgan fingerprint density at radius 3 is 1.89 bits per heavy atom. The molecule has 4 heteroatoms. The normalized spacial score (nSPS) is 14.7. The van der Waals surface area contributed by atoms with Gasteiger partial charge in [0, 0.05) is 59.8 Å². The largest absolute Gasteiger partial charge is 0.871 e. The highest BCUT2D eigenvalue weighted by Crippen LogP contribution is 2.38. The summed E-state index contributed by atoms with van der Waals surface area (Å²) in [6, 6.07) is 28.2. The molecule has 190 valence electrons. The van der Waals surface area contributed by atoms with Gasteiger partial charge in [-0.1, -0.05) is 68.1 Å². The minimum absolute atomic E-state index is 0.183. The molecule has 0 heterocycles. The molecular weight excluding hydrogens is 468 g/mol. The molecule has 2 aliphatic rings. The Morgan fingerprint density at radius 2 is 1.32 bits per heavy atom. The van der Waals surface area contributed by atoms with Crippen LogP contribution in [0.4, 0.5) is 17.1 Å².